The Kier molecular flexibility index (Phi) is 5.09. The Morgan fingerprint density at radius 3 is 1.15 bits per heavy atom. The molecule has 0 amide bonds. The Labute approximate surface area is 159 Å². The van der Waals surface area contributed by atoms with E-state index in [1.54, 1.807) is 0 Å². The molecule has 0 bridgehead atoms. The Hall–Kier alpha value is -2.28. The first-order valence-corrected chi connectivity index (χ1v) is 9.50. The molecule has 0 saturated carbocycles. The zero-order valence-corrected chi connectivity index (χ0v) is 17.2. The Morgan fingerprint density at radius 2 is 0.808 bits per heavy atom. The van der Waals surface area contributed by atoms with Crippen molar-refractivity contribution in [1.29, 1.82) is 0 Å². The lowest BCUT2D eigenvalue weighted by molar-refractivity contribution is 1.34. The van der Waals surface area contributed by atoms with Gasteiger partial charge in [-0.1, -0.05) is 104 Å². The maximum atomic E-state index is 2.32. The maximum Gasteiger partial charge on any atom is 0.242 e. The molecule has 0 radical (unpaired) electrons. The van der Waals surface area contributed by atoms with E-state index in [1.165, 1.54) is 55.3 Å². The fourth-order valence-corrected chi connectivity index (χ4v) is 4.53. The SMILES string of the molecule is Cc1ccc(B(c2c(C)cc(C)cc2C)c2c(C)cc(C)cc2C)cc1. The molecular formula is C25H29B. The van der Waals surface area contributed by atoms with E-state index in [0.29, 0.717) is 0 Å². The van der Waals surface area contributed by atoms with Crippen LogP contribution in [0.2, 0.25) is 0 Å². The average Bonchev–Trinajstić information content (AvgIpc) is 2.52. The summed E-state index contributed by atoms with van der Waals surface area (Å²) in [6.45, 7) is 15.8. The zero-order chi connectivity index (χ0) is 19.0. The number of aryl methyl sites for hydroxylation is 7. The summed E-state index contributed by atoms with van der Waals surface area (Å²) in [5.41, 5.74) is 13.8. The maximum absolute atomic E-state index is 2.32. The number of benzene rings is 3. The minimum absolute atomic E-state index is 0.275. The molecule has 0 nitrogen and oxygen atoms in total. The largest absolute Gasteiger partial charge is 0.242 e. The van der Waals surface area contributed by atoms with E-state index in [1.807, 2.05) is 0 Å². The van der Waals surface area contributed by atoms with Crippen LogP contribution in [0.3, 0.4) is 0 Å². The third kappa shape index (κ3) is 3.49. The molecule has 0 fully saturated rings. The van der Waals surface area contributed by atoms with Gasteiger partial charge in [0.15, 0.2) is 0 Å². The smallest absolute Gasteiger partial charge is 0.0686 e. The first-order valence-electron chi connectivity index (χ1n) is 9.50. The molecule has 0 aliphatic carbocycles. The zero-order valence-electron chi connectivity index (χ0n) is 17.2. The van der Waals surface area contributed by atoms with Crippen LogP contribution < -0.4 is 16.4 Å². The highest BCUT2D eigenvalue weighted by Crippen LogP contribution is 2.13. The molecule has 0 aliphatic heterocycles. The predicted molar refractivity (Wildman–Crippen MR) is 117 cm³/mol. The first kappa shape index (κ1) is 18.5. The lowest BCUT2D eigenvalue weighted by atomic mass is 9.34. The van der Waals surface area contributed by atoms with Crippen LogP contribution in [0.1, 0.15) is 38.9 Å². The van der Waals surface area contributed by atoms with Crippen molar-refractivity contribution >= 4 is 23.1 Å². The summed E-state index contributed by atoms with van der Waals surface area (Å²) in [6, 6.07) is 18.4. The van der Waals surface area contributed by atoms with Crippen molar-refractivity contribution in [2.45, 2.75) is 48.5 Å². The molecule has 0 N–H and O–H groups in total. The van der Waals surface area contributed by atoms with Crippen molar-refractivity contribution in [3.63, 3.8) is 0 Å². The lowest BCUT2D eigenvalue weighted by Crippen LogP contribution is -2.55. The topological polar surface area (TPSA) is 0 Å². The summed E-state index contributed by atoms with van der Waals surface area (Å²) in [7, 11) is 0. The minimum atomic E-state index is 0.275. The van der Waals surface area contributed by atoms with Crippen molar-refractivity contribution < 1.29 is 0 Å². The normalized spacial score (nSPS) is 10.9. The molecule has 1 heteroatoms. The van der Waals surface area contributed by atoms with Crippen LogP contribution in [0.4, 0.5) is 0 Å². The molecular weight excluding hydrogens is 311 g/mol. The third-order valence-corrected chi connectivity index (χ3v) is 5.46. The van der Waals surface area contributed by atoms with Crippen LogP contribution >= 0.6 is 0 Å². The fraction of sp³-hybridized carbons (Fsp3) is 0.280. The van der Waals surface area contributed by atoms with Gasteiger partial charge in [0, 0.05) is 0 Å². The quantitative estimate of drug-likeness (QED) is 0.622. The van der Waals surface area contributed by atoms with E-state index >= 15 is 0 Å². The number of hydrogen-bond donors (Lipinski definition) is 0. The van der Waals surface area contributed by atoms with Gasteiger partial charge in [0.2, 0.25) is 6.71 Å². The van der Waals surface area contributed by atoms with Gasteiger partial charge in [-0.3, -0.25) is 0 Å². The van der Waals surface area contributed by atoms with Crippen LogP contribution in [0, 0.1) is 48.5 Å². The van der Waals surface area contributed by atoms with E-state index < -0.39 is 0 Å². The van der Waals surface area contributed by atoms with Gasteiger partial charge >= 0.3 is 0 Å². The summed E-state index contributed by atoms with van der Waals surface area (Å²) < 4.78 is 0. The minimum Gasteiger partial charge on any atom is -0.0686 e. The van der Waals surface area contributed by atoms with Gasteiger partial charge in [-0.2, -0.15) is 0 Å². The van der Waals surface area contributed by atoms with Crippen LogP contribution in [0.5, 0.6) is 0 Å². The first-order chi connectivity index (χ1) is 12.3. The van der Waals surface area contributed by atoms with Crippen LogP contribution in [-0.2, 0) is 0 Å². The molecule has 0 heterocycles. The van der Waals surface area contributed by atoms with Crippen molar-refractivity contribution in [2.24, 2.45) is 0 Å². The summed E-state index contributed by atoms with van der Waals surface area (Å²) in [4.78, 5) is 0. The van der Waals surface area contributed by atoms with Gasteiger partial charge < -0.3 is 0 Å². The summed E-state index contributed by atoms with van der Waals surface area (Å²) >= 11 is 0. The van der Waals surface area contributed by atoms with Gasteiger partial charge in [-0.05, 0) is 48.5 Å². The van der Waals surface area contributed by atoms with Gasteiger partial charge in [0.05, 0.1) is 0 Å². The molecule has 26 heavy (non-hydrogen) atoms. The van der Waals surface area contributed by atoms with E-state index in [-0.39, 0.29) is 6.71 Å². The van der Waals surface area contributed by atoms with Crippen molar-refractivity contribution in [1.82, 2.24) is 0 Å². The third-order valence-electron chi connectivity index (χ3n) is 5.46. The monoisotopic (exact) mass is 340 g/mol. The number of rotatable bonds is 3. The van der Waals surface area contributed by atoms with Gasteiger partial charge in [-0.25, -0.2) is 0 Å². The molecule has 3 rings (SSSR count). The fourth-order valence-electron chi connectivity index (χ4n) is 4.53. The van der Waals surface area contributed by atoms with Gasteiger partial charge in [0.1, 0.15) is 0 Å². The lowest BCUT2D eigenvalue weighted by Gasteiger charge is -2.24. The molecule has 0 saturated heterocycles. The molecule has 0 atom stereocenters. The highest BCUT2D eigenvalue weighted by molar-refractivity contribution is 6.96. The molecule has 0 spiro atoms. The van der Waals surface area contributed by atoms with E-state index in [9.17, 15) is 0 Å². The van der Waals surface area contributed by atoms with Crippen molar-refractivity contribution in [3.05, 3.63) is 87.5 Å². The standard InChI is InChI=1S/C25H29B/c1-16-8-10-23(11-9-16)26(24-19(4)12-17(2)13-20(24)5)25-21(6)14-18(3)15-22(25)7/h8-15H,1-7H3. The Bertz CT molecular complexity index is 845. The molecule has 0 unspecified atom stereocenters. The van der Waals surface area contributed by atoms with E-state index in [0.717, 1.165) is 0 Å². The van der Waals surface area contributed by atoms with Crippen LogP contribution in [0.15, 0.2) is 48.5 Å². The van der Waals surface area contributed by atoms with E-state index in [2.05, 4.69) is 97.0 Å². The molecule has 3 aromatic carbocycles. The molecule has 0 aliphatic rings. The summed E-state index contributed by atoms with van der Waals surface area (Å²) in [5.74, 6) is 0. The highest BCUT2D eigenvalue weighted by Gasteiger charge is 2.28. The molecule has 132 valence electrons. The average molecular weight is 340 g/mol. The second-order valence-corrected chi connectivity index (χ2v) is 7.97. The van der Waals surface area contributed by atoms with Crippen molar-refractivity contribution in [2.75, 3.05) is 0 Å². The second-order valence-electron chi connectivity index (χ2n) is 7.97. The van der Waals surface area contributed by atoms with Gasteiger partial charge in [-0.15, -0.1) is 0 Å². The van der Waals surface area contributed by atoms with Crippen molar-refractivity contribution in [3.8, 4) is 0 Å². The Balaban J connectivity index is 2.34. The van der Waals surface area contributed by atoms with E-state index in [4.69, 9.17) is 0 Å². The van der Waals surface area contributed by atoms with Crippen LogP contribution in [0.25, 0.3) is 0 Å². The Morgan fingerprint density at radius 1 is 0.462 bits per heavy atom. The second kappa shape index (κ2) is 7.15. The molecule has 0 aromatic heterocycles. The predicted octanol–water partition coefficient (Wildman–Crippen LogP) is 4.36. The van der Waals surface area contributed by atoms with Crippen LogP contribution in [-0.4, -0.2) is 6.71 Å². The summed E-state index contributed by atoms with van der Waals surface area (Å²) in [6.07, 6.45) is 0. The highest BCUT2D eigenvalue weighted by atomic mass is 14.1. The van der Waals surface area contributed by atoms with Gasteiger partial charge in [0.25, 0.3) is 0 Å². The number of hydrogen-bond acceptors (Lipinski definition) is 0. The molecule has 3 aromatic rings. The summed E-state index contributed by atoms with van der Waals surface area (Å²) in [5, 5.41) is 0.